The van der Waals surface area contributed by atoms with Crippen molar-refractivity contribution >= 4 is 11.7 Å². The van der Waals surface area contributed by atoms with Gasteiger partial charge < -0.3 is 14.7 Å². The second-order valence-corrected chi connectivity index (χ2v) is 7.73. The van der Waals surface area contributed by atoms with Crippen LogP contribution < -0.4 is 4.74 Å². The van der Waals surface area contributed by atoms with Gasteiger partial charge >= 0.3 is 0 Å². The molecule has 7 heteroatoms. The molecule has 1 unspecified atom stereocenters. The Bertz CT molecular complexity index is 1150. The van der Waals surface area contributed by atoms with Gasteiger partial charge in [0.1, 0.15) is 12.4 Å². The topological polar surface area (TPSA) is 79.7 Å². The highest BCUT2D eigenvalue weighted by Crippen LogP contribution is 2.30. The first-order chi connectivity index (χ1) is 15.5. The van der Waals surface area contributed by atoms with Crippen LogP contribution in [0.15, 0.2) is 60.7 Å². The highest BCUT2D eigenvalue weighted by Gasteiger charge is 2.37. The van der Waals surface area contributed by atoms with Gasteiger partial charge in [-0.15, -0.1) is 0 Å². The summed E-state index contributed by atoms with van der Waals surface area (Å²) in [6.45, 7) is 2.38. The fourth-order valence-electron chi connectivity index (χ4n) is 3.86. The van der Waals surface area contributed by atoms with E-state index in [1.165, 1.54) is 17.0 Å². The minimum Gasteiger partial charge on any atom is -0.504 e. The summed E-state index contributed by atoms with van der Waals surface area (Å²) in [6.07, 6.45) is 1.07. The molecule has 0 bridgehead atoms. The Labute approximate surface area is 185 Å². The molecule has 0 aliphatic carbocycles. The highest BCUT2D eigenvalue weighted by molar-refractivity contribution is 6.05. The number of nitrogens with zero attached hydrogens (tertiary/aromatic N) is 2. The summed E-state index contributed by atoms with van der Waals surface area (Å²) in [4.78, 5) is 32.3. The first kappa shape index (κ1) is 21.5. The monoisotopic (exact) mass is 434 g/mol. The van der Waals surface area contributed by atoms with Crippen LogP contribution in [0.2, 0.25) is 0 Å². The van der Waals surface area contributed by atoms with E-state index < -0.39 is 23.5 Å². The smallest absolute Gasteiger partial charge is 0.258 e. The average molecular weight is 434 g/mol. The normalized spacial score (nSPS) is 15.6. The summed E-state index contributed by atoms with van der Waals surface area (Å²) in [5.74, 6) is -2.17. The second-order valence-electron chi connectivity index (χ2n) is 7.73. The van der Waals surface area contributed by atoms with Crippen LogP contribution in [0.5, 0.6) is 11.5 Å². The van der Waals surface area contributed by atoms with Crippen molar-refractivity contribution in [3.63, 3.8) is 0 Å². The zero-order valence-electron chi connectivity index (χ0n) is 17.6. The zero-order valence-corrected chi connectivity index (χ0v) is 17.6. The SMILES string of the molecule is Cc1ccc(OCc2ccccc2)c(C(=O)C2CCCN2C(=O)c2cccc(F)c2O)n1. The van der Waals surface area contributed by atoms with Crippen molar-refractivity contribution in [2.75, 3.05) is 6.54 Å². The first-order valence-corrected chi connectivity index (χ1v) is 10.4. The van der Waals surface area contributed by atoms with Crippen molar-refractivity contribution in [3.05, 3.63) is 89.0 Å². The standard InChI is InChI=1S/C25H23FN2O4/c1-16-12-13-21(32-15-17-7-3-2-4-8-17)22(27-16)24(30)20-11-6-14-28(20)25(31)18-9-5-10-19(26)23(18)29/h2-5,7-10,12-13,20,29H,6,11,14-15H2,1H3. The van der Waals surface area contributed by atoms with Gasteiger partial charge in [0.2, 0.25) is 5.78 Å². The number of carbonyl (C=O) groups excluding carboxylic acids is 2. The number of hydrogen-bond donors (Lipinski definition) is 1. The number of likely N-dealkylation sites (tertiary alicyclic amines) is 1. The largest absolute Gasteiger partial charge is 0.504 e. The molecule has 1 fully saturated rings. The molecule has 4 rings (SSSR count). The lowest BCUT2D eigenvalue weighted by Gasteiger charge is -2.24. The van der Waals surface area contributed by atoms with Gasteiger partial charge in [-0.05, 0) is 49.6 Å². The van der Waals surface area contributed by atoms with E-state index in [-0.39, 0.29) is 23.6 Å². The van der Waals surface area contributed by atoms with Gasteiger partial charge in [0.15, 0.2) is 17.3 Å². The van der Waals surface area contributed by atoms with E-state index in [2.05, 4.69) is 4.98 Å². The van der Waals surface area contributed by atoms with Crippen LogP contribution in [0.25, 0.3) is 0 Å². The van der Waals surface area contributed by atoms with E-state index in [4.69, 9.17) is 4.74 Å². The summed E-state index contributed by atoms with van der Waals surface area (Å²) in [6, 6.07) is 16.0. The number of ketones is 1. The molecule has 32 heavy (non-hydrogen) atoms. The van der Waals surface area contributed by atoms with Crippen LogP contribution >= 0.6 is 0 Å². The Morgan fingerprint density at radius 3 is 2.69 bits per heavy atom. The van der Waals surface area contributed by atoms with Crippen molar-refractivity contribution in [1.29, 1.82) is 0 Å². The molecule has 2 aromatic carbocycles. The number of para-hydroxylation sites is 1. The molecule has 1 amide bonds. The van der Waals surface area contributed by atoms with Crippen LogP contribution in [-0.2, 0) is 6.61 Å². The number of phenolic OH excluding ortho intramolecular Hbond substituents is 1. The fraction of sp³-hybridized carbons (Fsp3) is 0.240. The van der Waals surface area contributed by atoms with Gasteiger partial charge in [0.05, 0.1) is 11.6 Å². The van der Waals surface area contributed by atoms with Crippen LogP contribution in [0.1, 0.15) is 44.9 Å². The average Bonchev–Trinajstić information content (AvgIpc) is 3.30. The number of phenols is 1. The molecule has 6 nitrogen and oxygen atoms in total. The number of rotatable bonds is 6. The first-order valence-electron chi connectivity index (χ1n) is 10.4. The molecular formula is C25H23FN2O4. The maximum absolute atomic E-state index is 13.8. The molecule has 1 aromatic heterocycles. The van der Waals surface area contributed by atoms with Crippen molar-refractivity contribution in [3.8, 4) is 11.5 Å². The minimum atomic E-state index is -0.880. The maximum Gasteiger partial charge on any atom is 0.258 e. The molecule has 2 heterocycles. The number of Topliss-reactive ketones (excluding diaryl/α,β-unsaturated/α-hetero) is 1. The van der Waals surface area contributed by atoms with E-state index >= 15 is 0 Å². The number of pyridine rings is 1. The Morgan fingerprint density at radius 2 is 1.91 bits per heavy atom. The van der Waals surface area contributed by atoms with Crippen LogP contribution in [0, 0.1) is 12.7 Å². The molecule has 0 saturated carbocycles. The molecule has 3 aromatic rings. The molecule has 0 radical (unpaired) electrons. The van der Waals surface area contributed by atoms with E-state index in [1.807, 2.05) is 30.3 Å². The summed E-state index contributed by atoms with van der Waals surface area (Å²) < 4.78 is 19.7. The Morgan fingerprint density at radius 1 is 1.12 bits per heavy atom. The minimum absolute atomic E-state index is 0.161. The number of ether oxygens (including phenoxy) is 1. The predicted molar refractivity (Wildman–Crippen MR) is 116 cm³/mol. The Balaban J connectivity index is 1.59. The molecule has 1 aliphatic rings. The summed E-state index contributed by atoms with van der Waals surface area (Å²) in [7, 11) is 0. The van der Waals surface area contributed by atoms with E-state index in [1.54, 1.807) is 19.1 Å². The predicted octanol–water partition coefficient (Wildman–Crippen LogP) is 4.30. The Kier molecular flexibility index (Phi) is 6.16. The number of aryl methyl sites for hydroxylation is 1. The third kappa shape index (κ3) is 4.32. The molecule has 1 saturated heterocycles. The van der Waals surface area contributed by atoms with Gasteiger partial charge in [-0.3, -0.25) is 9.59 Å². The summed E-state index contributed by atoms with van der Waals surface area (Å²) >= 11 is 0. The number of carbonyl (C=O) groups is 2. The number of benzene rings is 2. The van der Waals surface area contributed by atoms with Crippen LogP contribution in [0.3, 0.4) is 0 Å². The van der Waals surface area contributed by atoms with Gasteiger partial charge in [0.25, 0.3) is 5.91 Å². The Hall–Kier alpha value is -3.74. The fourth-order valence-corrected chi connectivity index (χ4v) is 3.86. The molecule has 164 valence electrons. The lowest BCUT2D eigenvalue weighted by molar-refractivity contribution is 0.0664. The van der Waals surface area contributed by atoms with Gasteiger partial charge in [0, 0.05) is 12.2 Å². The lowest BCUT2D eigenvalue weighted by atomic mass is 10.0. The molecule has 1 N–H and O–H groups in total. The number of hydrogen-bond acceptors (Lipinski definition) is 5. The second kappa shape index (κ2) is 9.18. The van der Waals surface area contributed by atoms with Crippen molar-refractivity contribution < 1.29 is 23.8 Å². The van der Waals surface area contributed by atoms with Gasteiger partial charge in [-0.25, -0.2) is 9.37 Å². The highest BCUT2D eigenvalue weighted by atomic mass is 19.1. The van der Waals surface area contributed by atoms with Crippen LogP contribution in [-0.4, -0.2) is 39.3 Å². The van der Waals surface area contributed by atoms with Crippen molar-refractivity contribution in [2.45, 2.75) is 32.4 Å². The molecule has 1 aliphatic heterocycles. The molecule has 0 spiro atoms. The number of aromatic hydroxyl groups is 1. The zero-order chi connectivity index (χ0) is 22.7. The van der Waals surface area contributed by atoms with Gasteiger partial charge in [-0.2, -0.15) is 0 Å². The van der Waals surface area contributed by atoms with Crippen LogP contribution in [0.4, 0.5) is 4.39 Å². The summed E-state index contributed by atoms with van der Waals surface area (Å²) in [5.41, 5.74) is 1.60. The summed E-state index contributed by atoms with van der Waals surface area (Å²) in [5, 5.41) is 9.99. The maximum atomic E-state index is 13.8. The number of halogens is 1. The van der Waals surface area contributed by atoms with E-state index in [0.717, 1.165) is 11.6 Å². The van der Waals surface area contributed by atoms with Gasteiger partial charge in [-0.1, -0.05) is 36.4 Å². The molecule has 1 atom stereocenters. The third-order valence-corrected chi connectivity index (χ3v) is 5.50. The third-order valence-electron chi connectivity index (χ3n) is 5.50. The van der Waals surface area contributed by atoms with E-state index in [0.29, 0.717) is 30.8 Å². The quantitative estimate of drug-likeness (QED) is 0.585. The van der Waals surface area contributed by atoms with Crippen molar-refractivity contribution in [2.24, 2.45) is 0 Å². The number of amides is 1. The number of aromatic nitrogens is 1. The molecular weight excluding hydrogens is 411 g/mol. The van der Waals surface area contributed by atoms with E-state index in [9.17, 15) is 19.1 Å². The lowest BCUT2D eigenvalue weighted by Crippen LogP contribution is -2.41. The van der Waals surface area contributed by atoms with Crippen molar-refractivity contribution in [1.82, 2.24) is 9.88 Å².